The maximum atomic E-state index is 13.6. The van der Waals surface area contributed by atoms with Gasteiger partial charge in [-0.2, -0.15) is 0 Å². The van der Waals surface area contributed by atoms with Gasteiger partial charge in [-0.15, -0.1) is 6.58 Å². The fourth-order valence-electron chi connectivity index (χ4n) is 3.52. The largest absolute Gasteiger partial charge is 0.444 e. The van der Waals surface area contributed by atoms with Gasteiger partial charge in [0, 0.05) is 12.2 Å². The van der Waals surface area contributed by atoms with E-state index < -0.39 is 29.7 Å². The van der Waals surface area contributed by atoms with Crippen molar-refractivity contribution in [3.8, 4) is 0 Å². The highest BCUT2D eigenvalue weighted by molar-refractivity contribution is 5.99. The van der Waals surface area contributed by atoms with Crippen molar-refractivity contribution in [1.82, 2.24) is 10.2 Å². The van der Waals surface area contributed by atoms with Crippen LogP contribution in [0, 0.1) is 13.8 Å². The van der Waals surface area contributed by atoms with E-state index in [1.54, 1.807) is 33.8 Å². The van der Waals surface area contributed by atoms with Gasteiger partial charge < -0.3 is 20.3 Å². The van der Waals surface area contributed by atoms with Crippen LogP contribution in [0.5, 0.6) is 0 Å². The number of rotatable bonds is 8. The number of para-hydroxylation sites is 1. The van der Waals surface area contributed by atoms with E-state index in [4.69, 9.17) is 4.74 Å². The van der Waals surface area contributed by atoms with E-state index in [2.05, 4.69) is 17.2 Å². The number of benzene rings is 2. The Hall–Kier alpha value is -3.61. The minimum atomic E-state index is -0.936. The van der Waals surface area contributed by atoms with Crippen LogP contribution >= 0.6 is 0 Å². The minimum absolute atomic E-state index is 0.110. The normalized spacial score (nSPS) is 12.8. The lowest BCUT2D eigenvalue weighted by molar-refractivity contribution is -0.139. The zero-order valence-corrected chi connectivity index (χ0v) is 20.8. The molecule has 2 rings (SSSR count). The maximum absolute atomic E-state index is 13.6. The van der Waals surface area contributed by atoms with Gasteiger partial charge in [-0.1, -0.05) is 48.5 Å². The predicted octanol–water partition coefficient (Wildman–Crippen LogP) is 4.91. The molecule has 0 bridgehead atoms. The maximum Gasteiger partial charge on any atom is 0.408 e. The van der Waals surface area contributed by atoms with Gasteiger partial charge in [0.15, 0.2) is 0 Å². The van der Waals surface area contributed by atoms with Gasteiger partial charge in [-0.3, -0.25) is 9.59 Å². The van der Waals surface area contributed by atoms with Crippen molar-refractivity contribution in [3.05, 3.63) is 77.9 Å². The van der Waals surface area contributed by atoms with Gasteiger partial charge in [0.25, 0.3) is 5.91 Å². The molecule has 0 aliphatic rings. The molecular formula is C27H35N3O4. The Morgan fingerprint density at radius 1 is 1.03 bits per heavy atom. The summed E-state index contributed by atoms with van der Waals surface area (Å²) in [5.74, 6) is -0.790. The molecule has 7 nitrogen and oxygen atoms in total. The van der Waals surface area contributed by atoms with Crippen LogP contribution in [0.1, 0.15) is 50.4 Å². The van der Waals surface area contributed by atoms with E-state index in [1.807, 2.05) is 62.4 Å². The molecule has 2 aromatic carbocycles. The zero-order valence-electron chi connectivity index (χ0n) is 20.8. The number of alkyl carbamates (subject to hydrolysis) is 1. The Morgan fingerprint density at radius 3 is 2.18 bits per heavy atom. The standard InChI is InChI=1S/C27H35N3O4/c1-8-17-30(25(32)20(4)28-26(33)34-27(5,6)7)23(21-15-11-9-13-18(21)2)24(31)29-22-16-12-10-14-19(22)3/h8-16,20,23H,1,17H2,2-7H3,(H,28,33)(H,29,31). The molecule has 2 N–H and O–H groups in total. The molecule has 0 spiro atoms. The Morgan fingerprint density at radius 2 is 1.62 bits per heavy atom. The number of carbonyl (C=O) groups excluding carboxylic acids is 3. The molecule has 0 heterocycles. The third-order valence-corrected chi connectivity index (χ3v) is 5.16. The molecule has 7 heteroatoms. The number of carbonyl (C=O) groups is 3. The highest BCUT2D eigenvalue weighted by Gasteiger charge is 2.35. The quantitative estimate of drug-likeness (QED) is 0.542. The van der Waals surface area contributed by atoms with Crippen molar-refractivity contribution in [3.63, 3.8) is 0 Å². The number of nitrogens with one attached hydrogen (secondary N) is 2. The predicted molar refractivity (Wildman–Crippen MR) is 134 cm³/mol. The van der Waals surface area contributed by atoms with Crippen LogP contribution < -0.4 is 10.6 Å². The first-order valence-corrected chi connectivity index (χ1v) is 11.3. The fourth-order valence-corrected chi connectivity index (χ4v) is 3.52. The molecule has 0 radical (unpaired) electrons. The third-order valence-electron chi connectivity index (χ3n) is 5.16. The van der Waals surface area contributed by atoms with Crippen molar-refractivity contribution >= 4 is 23.6 Å². The number of hydrogen-bond acceptors (Lipinski definition) is 4. The molecule has 0 aromatic heterocycles. The molecule has 0 saturated heterocycles. The number of anilines is 1. The Labute approximate surface area is 202 Å². The van der Waals surface area contributed by atoms with Crippen molar-refractivity contribution in [1.29, 1.82) is 0 Å². The summed E-state index contributed by atoms with van der Waals surface area (Å²) in [6, 6.07) is 13.0. The first-order chi connectivity index (χ1) is 15.9. The second-order valence-electron chi connectivity index (χ2n) is 9.21. The molecule has 3 amide bonds. The Kier molecular flexibility index (Phi) is 9.01. The van der Waals surface area contributed by atoms with Crippen LogP contribution in [-0.4, -0.2) is 41.0 Å². The first kappa shape index (κ1) is 26.6. The van der Waals surface area contributed by atoms with Gasteiger partial charge in [0.05, 0.1) is 0 Å². The van der Waals surface area contributed by atoms with Crippen LogP contribution in [-0.2, 0) is 14.3 Å². The van der Waals surface area contributed by atoms with Gasteiger partial charge in [0.2, 0.25) is 5.91 Å². The monoisotopic (exact) mass is 465 g/mol. The topological polar surface area (TPSA) is 87.7 Å². The molecule has 0 saturated carbocycles. The van der Waals surface area contributed by atoms with Crippen LogP contribution in [0.2, 0.25) is 0 Å². The van der Waals surface area contributed by atoms with Crippen LogP contribution in [0.4, 0.5) is 10.5 Å². The van der Waals surface area contributed by atoms with Crippen LogP contribution in [0.15, 0.2) is 61.2 Å². The fraction of sp³-hybridized carbons (Fsp3) is 0.370. The van der Waals surface area contributed by atoms with Gasteiger partial charge >= 0.3 is 6.09 Å². The summed E-state index contributed by atoms with van der Waals surface area (Å²) < 4.78 is 5.28. The summed E-state index contributed by atoms with van der Waals surface area (Å²) in [6.07, 6.45) is 0.855. The van der Waals surface area contributed by atoms with Crippen molar-refractivity contribution < 1.29 is 19.1 Å². The molecule has 0 aliphatic heterocycles. The van der Waals surface area contributed by atoms with E-state index in [0.29, 0.717) is 11.3 Å². The summed E-state index contributed by atoms with van der Waals surface area (Å²) in [5.41, 5.74) is 2.42. The lowest BCUT2D eigenvalue weighted by Crippen LogP contribution is -2.51. The molecule has 0 fully saturated rings. The molecule has 182 valence electrons. The second kappa shape index (κ2) is 11.5. The Balaban J connectivity index is 2.42. The molecule has 2 atom stereocenters. The summed E-state index contributed by atoms with van der Waals surface area (Å²) >= 11 is 0. The third kappa shape index (κ3) is 7.20. The average molecular weight is 466 g/mol. The van der Waals surface area contributed by atoms with Crippen molar-refractivity contribution in [2.45, 2.75) is 59.2 Å². The number of ether oxygens (including phenoxy) is 1. The SMILES string of the molecule is C=CCN(C(=O)C(C)NC(=O)OC(C)(C)C)C(C(=O)Nc1ccccc1C)c1ccccc1C. The molecule has 2 aromatic rings. The minimum Gasteiger partial charge on any atom is -0.444 e. The molecular weight excluding hydrogens is 430 g/mol. The van der Waals surface area contributed by atoms with E-state index in [0.717, 1.165) is 11.1 Å². The van der Waals surface area contributed by atoms with E-state index in [-0.39, 0.29) is 12.5 Å². The summed E-state index contributed by atoms with van der Waals surface area (Å²) in [5, 5.41) is 5.54. The van der Waals surface area contributed by atoms with Gasteiger partial charge in [0.1, 0.15) is 17.7 Å². The van der Waals surface area contributed by atoms with Gasteiger partial charge in [-0.05, 0) is 64.3 Å². The first-order valence-electron chi connectivity index (χ1n) is 11.3. The number of aryl methyl sites for hydroxylation is 2. The molecule has 34 heavy (non-hydrogen) atoms. The van der Waals surface area contributed by atoms with Gasteiger partial charge in [-0.25, -0.2) is 4.79 Å². The van der Waals surface area contributed by atoms with Crippen molar-refractivity contribution in [2.75, 3.05) is 11.9 Å². The number of hydrogen-bond donors (Lipinski definition) is 2. The highest BCUT2D eigenvalue weighted by atomic mass is 16.6. The van der Waals surface area contributed by atoms with Crippen LogP contribution in [0.3, 0.4) is 0 Å². The molecule has 2 unspecified atom stereocenters. The number of amides is 3. The summed E-state index contributed by atoms with van der Waals surface area (Å²) in [4.78, 5) is 40.8. The van der Waals surface area contributed by atoms with E-state index >= 15 is 0 Å². The molecule has 0 aliphatic carbocycles. The smallest absolute Gasteiger partial charge is 0.408 e. The Bertz CT molecular complexity index is 1040. The summed E-state index contributed by atoms with van der Waals surface area (Å²) in [7, 11) is 0. The summed E-state index contributed by atoms with van der Waals surface area (Å²) in [6.45, 7) is 14.5. The van der Waals surface area contributed by atoms with Crippen LogP contribution in [0.25, 0.3) is 0 Å². The number of nitrogens with zero attached hydrogens (tertiary/aromatic N) is 1. The van der Waals surface area contributed by atoms with E-state index in [9.17, 15) is 14.4 Å². The zero-order chi connectivity index (χ0) is 25.5. The van der Waals surface area contributed by atoms with E-state index in [1.165, 1.54) is 4.90 Å². The lowest BCUT2D eigenvalue weighted by atomic mass is 9.98. The second-order valence-corrected chi connectivity index (χ2v) is 9.21. The van der Waals surface area contributed by atoms with Crippen molar-refractivity contribution in [2.24, 2.45) is 0 Å². The lowest BCUT2D eigenvalue weighted by Gasteiger charge is -2.33. The average Bonchev–Trinajstić information content (AvgIpc) is 2.74. The highest BCUT2D eigenvalue weighted by Crippen LogP contribution is 2.27.